The molecule has 1 amide bonds. The van der Waals surface area contributed by atoms with Gasteiger partial charge in [0.15, 0.2) is 6.61 Å². The zero-order chi connectivity index (χ0) is 15.9. The van der Waals surface area contributed by atoms with E-state index in [1.165, 1.54) is 11.3 Å². The van der Waals surface area contributed by atoms with Gasteiger partial charge in [0.1, 0.15) is 5.75 Å². The number of hydrogen-bond donors (Lipinski definition) is 2. The second-order valence-electron chi connectivity index (χ2n) is 4.49. The summed E-state index contributed by atoms with van der Waals surface area (Å²) >= 11 is 7.35. The smallest absolute Gasteiger partial charge is 0.341 e. The number of carbonyl (C=O) groups is 2. The predicted molar refractivity (Wildman–Crippen MR) is 85.9 cm³/mol. The third-order valence-electron chi connectivity index (χ3n) is 2.70. The zero-order valence-corrected chi connectivity index (χ0v) is 13.1. The van der Waals surface area contributed by atoms with E-state index in [2.05, 4.69) is 5.32 Å². The van der Waals surface area contributed by atoms with Crippen molar-refractivity contribution in [3.63, 3.8) is 0 Å². The molecule has 0 unspecified atom stereocenters. The van der Waals surface area contributed by atoms with Crippen molar-refractivity contribution in [2.45, 2.75) is 12.8 Å². The van der Waals surface area contributed by atoms with Crippen LogP contribution in [0.1, 0.15) is 11.3 Å². The summed E-state index contributed by atoms with van der Waals surface area (Å²) in [5, 5.41) is 13.8. The minimum Gasteiger partial charge on any atom is -0.482 e. The lowest BCUT2D eigenvalue weighted by atomic mass is 10.2. The summed E-state index contributed by atoms with van der Waals surface area (Å²) in [5.74, 6) is -0.783. The van der Waals surface area contributed by atoms with Crippen molar-refractivity contribution in [1.82, 2.24) is 0 Å². The zero-order valence-electron chi connectivity index (χ0n) is 11.5. The Labute approximate surface area is 136 Å². The number of rotatable bonds is 7. The molecule has 0 spiro atoms. The third kappa shape index (κ3) is 5.38. The van der Waals surface area contributed by atoms with E-state index in [0.29, 0.717) is 29.3 Å². The molecular weight excluding hydrogens is 326 g/mol. The van der Waals surface area contributed by atoms with Crippen LogP contribution >= 0.6 is 22.9 Å². The molecule has 116 valence electrons. The topological polar surface area (TPSA) is 75.6 Å². The number of hydrogen-bond acceptors (Lipinski definition) is 4. The van der Waals surface area contributed by atoms with Crippen LogP contribution in [0.3, 0.4) is 0 Å². The Morgan fingerprint density at radius 1 is 1.32 bits per heavy atom. The Balaban J connectivity index is 1.85. The number of aryl methyl sites for hydroxylation is 1. The number of carbonyl (C=O) groups excluding carboxylic acids is 1. The van der Waals surface area contributed by atoms with E-state index < -0.39 is 12.6 Å². The standard InChI is InChI=1S/C15H14ClNO4S/c16-10-6-13(22-9-10)4-5-14(18)17-11-2-1-3-12(7-11)21-8-15(19)20/h1-3,6-7,9H,4-5,8H2,(H,17,18)(H,19,20). The average Bonchev–Trinajstić information content (AvgIpc) is 2.89. The van der Waals surface area contributed by atoms with E-state index in [9.17, 15) is 9.59 Å². The van der Waals surface area contributed by atoms with Crippen LogP contribution in [0.5, 0.6) is 5.75 Å². The second-order valence-corrected chi connectivity index (χ2v) is 5.92. The Morgan fingerprint density at radius 3 is 2.82 bits per heavy atom. The SMILES string of the molecule is O=C(O)COc1cccc(NC(=O)CCc2cc(Cl)cs2)c1. The van der Waals surface area contributed by atoms with Gasteiger partial charge >= 0.3 is 5.97 Å². The van der Waals surface area contributed by atoms with E-state index in [1.807, 2.05) is 11.4 Å². The molecule has 2 N–H and O–H groups in total. The molecule has 2 rings (SSSR count). The summed E-state index contributed by atoms with van der Waals surface area (Å²) in [4.78, 5) is 23.4. The lowest BCUT2D eigenvalue weighted by molar-refractivity contribution is -0.139. The molecular formula is C15H14ClNO4S. The van der Waals surface area contributed by atoms with Gasteiger partial charge in [-0.25, -0.2) is 4.79 Å². The summed E-state index contributed by atoms with van der Waals surface area (Å²) < 4.78 is 5.06. The van der Waals surface area contributed by atoms with Crippen molar-refractivity contribution >= 4 is 40.5 Å². The summed E-state index contributed by atoms with van der Waals surface area (Å²) in [6, 6.07) is 8.47. The minimum absolute atomic E-state index is 0.125. The number of carboxylic acid groups (broad SMARTS) is 1. The first-order valence-corrected chi connectivity index (χ1v) is 7.76. The van der Waals surface area contributed by atoms with E-state index in [4.69, 9.17) is 21.4 Å². The van der Waals surface area contributed by atoms with Crippen LogP contribution in [0.15, 0.2) is 35.7 Å². The number of benzene rings is 1. The van der Waals surface area contributed by atoms with Gasteiger partial charge in [-0.2, -0.15) is 0 Å². The quantitative estimate of drug-likeness (QED) is 0.810. The maximum Gasteiger partial charge on any atom is 0.341 e. The summed E-state index contributed by atoms with van der Waals surface area (Å²) in [6.07, 6.45) is 0.968. The largest absolute Gasteiger partial charge is 0.482 e. The normalized spacial score (nSPS) is 10.2. The van der Waals surface area contributed by atoms with Crippen molar-refractivity contribution in [3.8, 4) is 5.75 Å². The molecule has 22 heavy (non-hydrogen) atoms. The maximum absolute atomic E-state index is 11.9. The van der Waals surface area contributed by atoms with Crippen LogP contribution in [-0.4, -0.2) is 23.6 Å². The third-order valence-corrected chi connectivity index (χ3v) is 4.04. The van der Waals surface area contributed by atoms with Gasteiger partial charge in [0.25, 0.3) is 0 Å². The maximum atomic E-state index is 11.9. The van der Waals surface area contributed by atoms with Crippen LogP contribution < -0.4 is 10.1 Å². The molecule has 0 bridgehead atoms. The molecule has 7 heteroatoms. The van der Waals surface area contributed by atoms with E-state index >= 15 is 0 Å². The fourth-order valence-electron chi connectivity index (χ4n) is 1.75. The van der Waals surface area contributed by atoms with Gasteiger partial charge in [0.05, 0.1) is 5.02 Å². The van der Waals surface area contributed by atoms with Crippen LogP contribution in [0.2, 0.25) is 5.02 Å². The fraction of sp³-hybridized carbons (Fsp3) is 0.200. The minimum atomic E-state index is -1.05. The Hall–Kier alpha value is -2.05. The highest BCUT2D eigenvalue weighted by Gasteiger charge is 2.06. The van der Waals surface area contributed by atoms with Gasteiger partial charge in [0.2, 0.25) is 5.91 Å². The average molecular weight is 340 g/mol. The van der Waals surface area contributed by atoms with Crippen LogP contribution in [0, 0.1) is 0 Å². The lowest BCUT2D eigenvalue weighted by Gasteiger charge is -2.07. The molecule has 0 aliphatic heterocycles. The number of aliphatic carboxylic acids is 1. The lowest BCUT2D eigenvalue weighted by Crippen LogP contribution is -2.13. The van der Waals surface area contributed by atoms with Crippen molar-refractivity contribution in [1.29, 1.82) is 0 Å². The van der Waals surface area contributed by atoms with Gasteiger partial charge in [-0.1, -0.05) is 17.7 Å². The van der Waals surface area contributed by atoms with Gasteiger partial charge in [-0.05, 0) is 24.6 Å². The number of halogens is 1. The monoisotopic (exact) mass is 339 g/mol. The number of anilines is 1. The summed E-state index contributed by atoms with van der Waals surface area (Å²) in [6.45, 7) is -0.420. The predicted octanol–water partition coefficient (Wildman–Crippen LogP) is 3.44. The summed E-state index contributed by atoms with van der Waals surface area (Å²) in [7, 11) is 0. The molecule has 0 saturated carbocycles. The van der Waals surface area contributed by atoms with E-state index in [-0.39, 0.29) is 5.91 Å². The van der Waals surface area contributed by atoms with Crippen LogP contribution in [-0.2, 0) is 16.0 Å². The van der Waals surface area contributed by atoms with Crippen molar-refractivity contribution in [3.05, 3.63) is 45.6 Å². The van der Waals surface area contributed by atoms with Gasteiger partial charge in [0, 0.05) is 28.4 Å². The van der Waals surface area contributed by atoms with Crippen molar-refractivity contribution in [2.75, 3.05) is 11.9 Å². The Bertz CT molecular complexity index is 671. The first-order valence-electron chi connectivity index (χ1n) is 6.50. The molecule has 5 nitrogen and oxygen atoms in total. The molecule has 0 fully saturated rings. The molecule has 1 aromatic carbocycles. The fourth-order valence-corrected chi connectivity index (χ4v) is 2.83. The van der Waals surface area contributed by atoms with Crippen molar-refractivity contribution in [2.24, 2.45) is 0 Å². The second kappa shape index (κ2) is 7.82. The van der Waals surface area contributed by atoms with Gasteiger partial charge in [-0.15, -0.1) is 11.3 Å². The van der Waals surface area contributed by atoms with Crippen LogP contribution in [0.4, 0.5) is 5.69 Å². The highest BCUT2D eigenvalue weighted by Crippen LogP contribution is 2.21. The first kappa shape index (κ1) is 16.3. The Morgan fingerprint density at radius 2 is 2.14 bits per heavy atom. The first-order chi connectivity index (χ1) is 10.5. The number of thiophene rings is 1. The van der Waals surface area contributed by atoms with E-state index in [1.54, 1.807) is 24.3 Å². The molecule has 1 heterocycles. The molecule has 2 aromatic rings. The molecule has 0 aliphatic carbocycles. The molecule has 0 saturated heterocycles. The highest BCUT2D eigenvalue weighted by atomic mass is 35.5. The van der Waals surface area contributed by atoms with Gasteiger partial charge in [-0.3, -0.25) is 4.79 Å². The molecule has 0 aliphatic rings. The van der Waals surface area contributed by atoms with Crippen molar-refractivity contribution < 1.29 is 19.4 Å². The summed E-state index contributed by atoms with van der Waals surface area (Å²) in [5.41, 5.74) is 0.567. The number of nitrogens with one attached hydrogen (secondary N) is 1. The number of amides is 1. The van der Waals surface area contributed by atoms with Crippen LogP contribution in [0.25, 0.3) is 0 Å². The number of ether oxygens (including phenoxy) is 1. The molecule has 0 atom stereocenters. The molecule has 1 aromatic heterocycles. The van der Waals surface area contributed by atoms with E-state index in [0.717, 1.165) is 4.88 Å². The van der Waals surface area contributed by atoms with Gasteiger partial charge < -0.3 is 15.2 Å². The Kier molecular flexibility index (Phi) is 5.80. The number of carboxylic acids is 1. The highest BCUT2D eigenvalue weighted by molar-refractivity contribution is 7.10. The molecule has 0 radical (unpaired) electrons.